The molecule has 0 saturated carbocycles. The molecule has 0 fully saturated rings. The summed E-state index contributed by atoms with van der Waals surface area (Å²) in [5.41, 5.74) is 1.69. The predicted molar refractivity (Wildman–Crippen MR) is 95.9 cm³/mol. The normalized spacial score (nSPS) is 13.0. The summed E-state index contributed by atoms with van der Waals surface area (Å²) in [5.74, 6) is 1.32. The minimum absolute atomic E-state index is 0.00485. The zero-order valence-corrected chi connectivity index (χ0v) is 15.3. The van der Waals surface area contributed by atoms with Crippen molar-refractivity contribution in [2.24, 2.45) is 0 Å². The van der Waals surface area contributed by atoms with Gasteiger partial charge in [-0.1, -0.05) is 13.8 Å². The van der Waals surface area contributed by atoms with Crippen LogP contribution in [0.5, 0.6) is 0 Å². The lowest BCUT2D eigenvalue weighted by Gasteiger charge is -2.19. The first-order valence-corrected chi connectivity index (χ1v) is 8.71. The summed E-state index contributed by atoms with van der Waals surface area (Å²) in [5, 5.41) is 7.38. The van der Waals surface area contributed by atoms with Gasteiger partial charge >= 0.3 is 0 Å². The first-order valence-electron chi connectivity index (χ1n) is 8.71. The fourth-order valence-electron chi connectivity index (χ4n) is 3.17. The van der Waals surface area contributed by atoms with Crippen molar-refractivity contribution in [1.29, 1.82) is 0 Å². The number of amides is 1. The lowest BCUT2D eigenvalue weighted by atomic mass is 10.2. The Labute approximate surface area is 145 Å². The lowest BCUT2D eigenvalue weighted by Crippen LogP contribution is -2.41. The number of carbonyl (C=O) groups excluding carboxylic acids is 1. The summed E-state index contributed by atoms with van der Waals surface area (Å²) < 4.78 is 8.81. The molecule has 0 aliphatic carbocycles. The molecule has 0 aliphatic rings. The number of nitrogens with zero attached hydrogens (tertiary/aromatic N) is 3. The van der Waals surface area contributed by atoms with Gasteiger partial charge in [0.1, 0.15) is 23.1 Å². The van der Waals surface area contributed by atoms with Crippen molar-refractivity contribution in [1.82, 2.24) is 19.5 Å². The van der Waals surface area contributed by atoms with Crippen LogP contribution in [0.4, 0.5) is 0 Å². The van der Waals surface area contributed by atoms with E-state index in [2.05, 4.69) is 10.4 Å². The molecule has 0 bridgehead atoms. The number of aromatic nitrogens is 3. The van der Waals surface area contributed by atoms with Gasteiger partial charge in [-0.3, -0.25) is 14.0 Å². The molecule has 3 aromatic heterocycles. The maximum atomic E-state index is 13.0. The van der Waals surface area contributed by atoms with E-state index in [9.17, 15) is 9.59 Å². The topological polar surface area (TPSA) is 81.5 Å². The van der Waals surface area contributed by atoms with E-state index in [1.807, 2.05) is 45.1 Å². The number of carbonyl (C=O) groups is 1. The van der Waals surface area contributed by atoms with Gasteiger partial charge in [-0.25, -0.2) is 4.68 Å². The van der Waals surface area contributed by atoms with Crippen molar-refractivity contribution >= 4 is 22.5 Å². The zero-order chi connectivity index (χ0) is 18.3. The number of nitrogens with one attached hydrogen (secondary N) is 1. The van der Waals surface area contributed by atoms with Gasteiger partial charge in [-0.2, -0.15) is 5.10 Å². The van der Waals surface area contributed by atoms with Crippen molar-refractivity contribution in [3.05, 3.63) is 34.1 Å². The van der Waals surface area contributed by atoms with Crippen molar-refractivity contribution in [2.75, 3.05) is 0 Å². The number of fused-ring (bicyclic) bond motifs is 3. The quantitative estimate of drug-likeness (QED) is 0.771. The highest BCUT2D eigenvalue weighted by molar-refractivity contribution is 5.84. The molecule has 7 nitrogen and oxygen atoms in total. The Balaban J connectivity index is 2.24. The Hall–Kier alpha value is -2.57. The van der Waals surface area contributed by atoms with E-state index < -0.39 is 6.04 Å². The van der Waals surface area contributed by atoms with Crippen LogP contribution >= 0.6 is 0 Å². The molecule has 134 valence electrons. The third-order valence-electron chi connectivity index (χ3n) is 4.25. The second-order valence-corrected chi connectivity index (χ2v) is 6.58. The van der Waals surface area contributed by atoms with Crippen LogP contribution in [0, 0.1) is 6.92 Å². The largest absolute Gasteiger partial charge is 0.460 e. The van der Waals surface area contributed by atoms with Crippen LogP contribution in [-0.2, 0) is 11.2 Å². The Morgan fingerprint density at radius 3 is 2.60 bits per heavy atom. The van der Waals surface area contributed by atoms with E-state index >= 15 is 0 Å². The summed E-state index contributed by atoms with van der Waals surface area (Å²) in [6.45, 7) is 9.51. The van der Waals surface area contributed by atoms with E-state index in [0.717, 1.165) is 17.1 Å². The average molecular weight is 344 g/mol. The van der Waals surface area contributed by atoms with Crippen LogP contribution in [0.2, 0.25) is 0 Å². The molecule has 1 atom stereocenters. The third-order valence-corrected chi connectivity index (χ3v) is 4.25. The van der Waals surface area contributed by atoms with E-state index in [0.29, 0.717) is 23.9 Å². The van der Waals surface area contributed by atoms with Crippen molar-refractivity contribution in [3.63, 3.8) is 0 Å². The monoisotopic (exact) mass is 344 g/mol. The number of rotatable bonds is 5. The van der Waals surface area contributed by atoms with Gasteiger partial charge in [0.25, 0.3) is 5.56 Å². The molecule has 0 aromatic carbocycles. The zero-order valence-electron chi connectivity index (χ0n) is 15.3. The van der Waals surface area contributed by atoms with Crippen molar-refractivity contribution < 1.29 is 9.21 Å². The maximum Gasteiger partial charge on any atom is 0.291 e. The lowest BCUT2D eigenvalue weighted by molar-refractivity contribution is -0.125. The van der Waals surface area contributed by atoms with Gasteiger partial charge in [0.15, 0.2) is 5.58 Å². The molecule has 3 aromatic rings. The highest BCUT2D eigenvalue weighted by Gasteiger charge is 2.24. The molecule has 0 saturated heterocycles. The predicted octanol–water partition coefficient (Wildman–Crippen LogP) is 2.59. The molecule has 7 heteroatoms. The van der Waals surface area contributed by atoms with Gasteiger partial charge < -0.3 is 9.73 Å². The maximum absolute atomic E-state index is 13.0. The number of aryl methyl sites for hydroxylation is 2. The Kier molecular flexibility index (Phi) is 4.41. The fourth-order valence-corrected chi connectivity index (χ4v) is 3.17. The Bertz CT molecular complexity index is 993. The highest BCUT2D eigenvalue weighted by atomic mass is 16.3. The van der Waals surface area contributed by atoms with Crippen LogP contribution < -0.4 is 10.9 Å². The summed E-state index contributed by atoms with van der Waals surface area (Å²) in [4.78, 5) is 25.5. The molecule has 1 amide bonds. The Morgan fingerprint density at radius 2 is 2.00 bits per heavy atom. The first kappa shape index (κ1) is 17.3. The standard InChI is InChI=1S/C18H24N4O3/c1-6-12(17(23)19-10(3)4)22-18(24)14-9-15-13(8-11(5)25-15)21(14)16(7-2)20-22/h8-10,12H,6-7H2,1-5H3,(H,19,23)/t12-/m0/s1. The first-order chi connectivity index (χ1) is 11.9. The molecule has 0 spiro atoms. The van der Waals surface area contributed by atoms with Gasteiger partial charge in [0, 0.05) is 24.6 Å². The van der Waals surface area contributed by atoms with Crippen LogP contribution in [0.3, 0.4) is 0 Å². The van der Waals surface area contributed by atoms with E-state index in [1.54, 1.807) is 6.07 Å². The second-order valence-electron chi connectivity index (χ2n) is 6.58. The molecule has 3 heterocycles. The highest BCUT2D eigenvalue weighted by Crippen LogP contribution is 2.24. The molecular weight excluding hydrogens is 320 g/mol. The SMILES string of the molecule is CCc1nn([C@@H](CC)C(=O)NC(C)C)c(=O)c2cc3oc(C)cc3n12. The van der Waals surface area contributed by atoms with Crippen molar-refractivity contribution in [2.45, 2.75) is 59.5 Å². The molecule has 0 radical (unpaired) electrons. The summed E-state index contributed by atoms with van der Waals surface area (Å²) in [6, 6.07) is 3.00. The molecular formula is C18H24N4O3. The average Bonchev–Trinajstić information content (AvgIpc) is 3.06. The molecule has 0 unspecified atom stereocenters. The molecule has 1 N–H and O–H groups in total. The van der Waals surface area contributed by atoms with Crippen LogP contribution in [0.1, 0.15) is 51.7 Å². The van der Waals surface area contributed by atoms with Gasteiger partial charge in [-0.05, 0) is 27.2 Å². The van der Waals surface area contributed by atoms with E-state index in [-0.39, 0.29) is 17.5 Å². The van der Waals surface area contributed by atoms with Crippen LogP contribution in [0.25, 0.3) is 16.6 Å². The van der Waals surface area contributed by atoms with Gasteiger partial charge in [0.05, 0.1) is 5.52 Å². The molecule has 25 heavy (non-hydrogen) atoms. The number of furan rings is 1. The summed E-state index contributed by atoms with van der Waals surface area (Å²) >= 11 is 0. The summed E-state index contributed by atoms with van der Waals surface area (Å²) in [7, 11) is 0. The van der Waals surface area contributed by atoms with Gasteiger partial charge in [0.2, 0.25) is 5.91 Å². The molecule has 3 rings (SSSR count). The van der Waals surface area contributed by atoms with Crippen LogP contribution in [-0.4, -0.2) is 26.1 Å². The van der Waals surface area contributed by atoms with Crippen molar-refractivity contribution in [3.8, 4) is 0 Å². The van der Waals surface area contributed by atoms with E-state index in [4.69, 9.17) is 4.42 Å². The fraction of sp³-hybridized carbons (Fsp3) is 0.500. The third kappa shape index (κ3) is 2.83. The minimum Gasteiger partial charge on any atom is -0.460 e. The van der Waals surface area contributed by atoms with Gasteiger partial charge in [-0.15, -0.1) is 0 Å². The smallest absolute Gasteiger partial charge is 0.291 e. The van der Waals surface area contributed by atoms with E-state index in [1.165, 1.54) is 4.68 Å². The number of hydrogen-bond donors (Lipinski definition) is 1. The Morgan fingerprint density at radius 1 is 1.28 bits per heavy atom. The van der Waals surface area contributed by atoms with Crippen LogP contribution in [0.15, 0.2) is 21.3 Å². The number of hydrogen-bond acceptors (Lipinski definition) is 4. The minimum atomic E-state index is -0.631. The second kappa shape index (κ2) is 6.38. The summed E-state index contributed by atoms with van der Waals surface area (Å²) in [6.07, 6.45) is 1.12. The molecule has 0 aliphatic heterocycles.